The fourth-order valence-electron chi connectivity index (χ4n) is 2.84. The zero-order chi connectivity index (χ0) is 18.4. The maximum atomic E-state index is 12.3. The van der Waals surface area contributed by atoms with Gasteiger partial charge in [0.15, 0.2) is 5.76 Å². The Balaban J connectivity index is 1.59. The van der Waals surface area contributed by atoms with E-state index in [1.807, 2.05) is 24.3 Å². The first-order chi connectivity index (χ1) is 12.7. The highest BCUT2D eigenvalue weighted by Crippen LogP contribution is 2.24. The molecule has 3 rings (SSSR count). The molecule has 0 atom stereocenters. The van der Waals surface area contributed by atoms with Crippen LogP contribution < -0.4 is 10.2 Å². The van der Waals surface area contributed by atoms with Gasteiger partial charge in [0.1, 0.15) is 11.9 Å². The molecule has 0 spiro atoms. The van der Waals surface area contributed by atoms with Gasteiger partial charge < -0.3 is 14.1 Å². The summed E-state index contributed by atoms with van der Waals surface area (Å²) in [5.41, 5.74) is 2.29. The van der Waals surface area contributed by atoms with Gasteiger partial charge in [-0.1, -0.05) is 18.2 Å². The van der Waals surface area contributed by atoms with Gasteiger partial charge >= 0.3 is 0 Å². The molecular weight excluding hydrogens is 336 g/mol. The molecule has 0 aliphatic carbocycles. The molecule has 1 aromatic heterocycles. The Labute approximate surface area is 150 Å². The fourth-order valence-corrected chi connectivity index (χ4v) is 2.84. The Morgan fingerprint density at radius 2 is 1.96 bits per heavy atom. The zero-order valence-corrected chi connectivity index (χ0v) is 14.1. The van der Waals surface area contributed by atoms with E-state index < -0.39 is 5.91 Å². The van der Waals surface area contributed by atoms with Crippen molar-refractivity contribution in [3.05, 3.63) is 60.1 Å². The SMILES string of the molecule is O=C(C=Cc1ccccc1OC1CCN(C(=O)c2ccco2)CC1)NO. The van der Waals surface area contributed by atoms with Crippen LogP contribution >= 0.6 is 0 Å². The molecule has 1 saturated heterocycles. The summed E-state index contributed by atoms with van der Waals surface area (Å²) >= 11 is 0. The molecule has 0 bridgehead atoms. The number of ether oxygens (including phenoxy) is 1. The van der Waals surface area contributed by atoms with Crippen molar-refractivity contribution in [2.75, 3.05) is 13.1 Å². The van der Waals surface area contributed by atoms with Crippen molar-refractivity contribution < 1.29 is 24.0 Å². The molecule has 0 radical (unpaired) electrons. The van der Waals surface area contributed by atoms with Crippen molar-refractivity contribution >= 4 is 17.9 Å². The number of amides is 2. The minimum absolute atomic E-state index is 0.0168. The van der Waals surface area contributed by atoms with Gasteiger partial charge in [-0.05, 0) is 24.3 Å². The molecule has 1 aromatic carbocycles. The molecule has 0 unspecified atom stereocenters. The summed E-state index contributed by atoms with van der Waals surface area (Å²) in [4.78, 5) is 25.2. The number of hydroxylamine groups is 1. The van der Waals surface area contributed by atoms with Crippen LogP contribution in [0.5, 0.6) is 5.75 Å². The van der Waals surface area contributed by atoms with Crippen LogP contribution in [0, 0.1) is 0 Å². The zero-order valence-electron chi connectivity index (χ0n) is 14.1. The fraction of sp³-hybridized carbons (Fsp3) is 0.263. The number of nitrogens with zero attached hydrogens (tertiary/aromatic N) is 1. The maximum Gasteiger partial charge on any atom is 0.289 e. The number of hydrogen-bond donors (Lipinski definition) is 2. The highest BCUT2D eigenvalue weighted by Gasteiger charge is 2.26. The molecular formula is C19H20N2O5. The van der Waals surface area contributed by atoms with Crippen molar-refractivity contribution in [3.63, 3.8) is 0 Å². The number of nitrogens with one attached hydrogen (secondary N) is 1. The summed E-state index contributed by atoms with van der Waals surface area (Å²) in [6.07, 6.45) is 5.70. The van der Waals surface area contributed by atoms with Crippen molar-refractivity contribution in [2.45, 2.75) is 18.9 Å². The summed E-state index contributed by atoms with van der Waals surface area (Å²) in [6.45, 7) is 1.18. The molecule has 26 heavy (non-hydrogen) atoms. The molecule has 1 fully saturated rings. The van der Waals surface area contributed by atoms with E-state index in [0.717, 1.165) is 5.56 Å². The standard InChI is InChI=1S/C19H20N2O5/c22-18(20-24)8-7-14-4-1-2-5-16(14)26-15-9-11-21(12-10-15)19(23)17-6-3-13-25-17/h1-8,13,15,24H,9-12H2,(H,20,22). The van der Waals surface area contributed by atoms with Gasteiger partial charge in [0.05, 0.1) is 6.26 Å². The van der Waals surface area contributed by atoms with Gasteiger partial charge in [-0.3, -0.25) is 14.8 Å². The highest BCUT2D eigenvalue weighted by molar-refractivity contribution is 5.91. The van der Waals surface area contributed by atoms with Gasteiger partial charge in [-0.15, -0.1) is 0 Å². The van der Waals surface area contributed by atoms with Crippen molar-refractivity contribution in [1.29, 1.82) is 0 Å². The van der Waals surface area contributed by atoms with Crippen LogP contribution in [-0.2, 0) is 4.79 Å². The second-order valence-electron chi connectivity index (χ2n) is 5.93. The maximum absolute atomic E-state index is 12.3. The van der Waals surface area contributed by atoms with Crippen LogP contribution in [0.15, 0.2) is 53.2 Å². The second-order valence-corrected chi connectivity index (χ2v) is 5.93. The Bertz CT molecular complexity index is 777. The Kier molecular flexibility index (Phi) is 5.70. The lowest BCUT2D eigenvalue weighted by Crippen LogP contribution is -2.41. The van der Waals surface area contributed by atoms with E-state index >= 15 is 0 Å². The van der Waals surface area contributed by atoms with Crippen LogP contribution in [0.3, 0.4) is 0 Å². The number of benzene rings is 1. The van der Waals surface area contributed by atoms with Crippen LogP contribution in [0.2, 0.25) is 0 Å². The molecule has 2 amide bonds. The summed E-state index contributed by atoms with van der Waals surface area (Å²) in [6, 6.07) is 10.7. The topological polar surface area (TPSA) is 92.0 Å². The normalized spacial score (nSPS) is 15.2. The molecule has 2 N–H and O–H groups in total. The molecule has 136 valence electrons. The third-order valence-corrected chi connectivity index (χ3v) is 4.20. The molecule has 2 aromatic rings. The Hall–Kier alpha value is -3.06. The molecule has 1 aliphatic rings. The number of para-hydroxylation sites is 1. The number of furan rings is 1. The predicted molar refractivity (Wildman–Crippen MR) is 93.7 cm³/mol. The first-order valence-electron chi connectivity index (χ1n) is 8.38. The average molecular weight is 356 g/mol. The smallest absolute Gasteiger partial charge is 0.289 e. The molecule has 7 heteroatoms. The third-order valence-electron chi connectivity index (χ3n) is 4.20. The number of likely N-dealkylation sites (tertiary alicyclic amines) is 1. The third kappa shape index (κ3) is 4.31. The lowest BCUT2D eigenvalue weighted by Gasteiger charge is -2.32. The van der Waals surface area contributed by atoms with E-state index in [0.29, 0.717) is 37.4 Å². The average Bonchev–Trinajstić information content (AvgIpc) is 3.22. The number of carbonyl (C=O) groups excluding carboxylic acids is 2. The van der Waals surface area contributed by atoms with E-state index in [9.17, 15) is 9.59 Å². The van der Waals surface area contributed by atoms with Crippen LogP contribution in [0.1, 0.15) is 29.0 Å². The Morgan fingerprint density at radius 1 is 1.19 bits per heavy atom. The number of piperidine rings is 1. The lowest BCUT2D eigenvalue weighted by molar-refractivity contribution is -0.124. The number of hydrogen-bond acceptors (Lipinski definition) is 5. The van der Waals surface area contributed by atoms with Gasteiger partial charge in [-0.25, -0.2) is 5.48 Å². The minimum Gasteiger partial charge on any atom is -0.490 e. The summed E-state index contributed by atoms with van der Waals surface area (Å²) in [7, 11) is 0. The summed E-state index contributed by atoms with van der Waals surface area (Å²) < 4.78 is 11.2. The van der Waals surface area contributed by atoms with Crippen LogP contribution in [0.25, 0.3) is 6.08 Å². The number of carbonyl (C=O) groups is 2. The van der Waals surface area contributed by atoms with Gasteiger partial charge in [0, 0.05) is 37.6 Å². The van der Waals surface area contributed by atoms with Gasteiger partial charge in [0.25, 0.3) is 11.8 Å². The highest BCUT2D eigenvalue weighted by atomic mass is 16.5. The van der Waals surface area contributed by atoms with Crippen LogP contribution in [-0.4, -0.2) is 41.1 Å². The lowest BCUT2D eigenvalue weighted by atomic mass is 10.1. The quantitative estimate of drug-likeness (QED) is 0.488. The molecule has 0 saturated carbocycles. The van der Waals surface area contributed by atoms with E-state index in [2.05, 4.69) is 0 Å². The van der Waals surface area contributed by atoms with Gasteiger partial charge in [0.2, 0.25) is 0 Å². The van der Waals surface area contributed by atoms with E-state index in [4.69, 9.17) is 14.4 Å². The predicted octanol–water partition coefficient (Wildman–Crippen LogP) is 2.48. The van der Waals surface area contributed by atoms with E-state index in [1.54, 1.807) is 28.6 Å². The van der Waals surface area contributed by atoms with E-state index in [1.165, 1.54) is 12.3 Å². The van der Waals surface area contributed by atoms with Crippen molar-refractivity contribution in [2.24, 2.45) is 0 Å². The number of rotatable bonds is 5. The molecule has 1 aliphatic heterocycles. The first kappa shape index (κ1) is 17.8. The summed E-state index contributed by atoms with van der Waals surface area (Å²) in [5, 5.41) is 8.56. The van der Waals surface area contributed by atoms with Crippen LogP contribution in [0.4, 0.5) is 0 Å². The largest absolute Gasteiger partial charge is 0.490 e. The molecule has 7 nitrogen and oxygen atoms in total. The second kappa shape index (κ2) is 8.35. The molecule has 2 heterocycles. The first-order valence-corrected chi connectivity index (χ1v) is 8.38. The summed E-state index contributed by atoms with van der Waals surface area (Å²) in [5.74, 6) is 0.295. The minimum atomic E-state index is -0.607. The van der Waals surface area contributed by atoms with E-state index in [-0.39, 0.29) is 12.0 Å². The Morgan fingerprint density at radius 3 is 2.65 bits per heavy atom. The monoisotopic (exact) mass is 356 g/mol. The van der Waals surface area contributed by atoms with Crippen molar-refractivity contribution in [1.82, 2.24) is 10.4 Å². The van der Waals surface area contributed by atoms with Gasteiger partial charge in [-0.2, -0.15) is 0 Å². The van der Waals surface area contributed by atoms with Crippen molar-refractivity contribution in [3.8, 4) is 5.75 Å².